The monoisotopic (exact) mass is 407 g/mol. The molecule has 29 heavy (non-hydrogen) atoms. The fraction of sp³-hybridized carbons (Fsp3) is 0.182. The number of hydrogen-bond donors (Lipinski definition) is 2. The van der Waals surface area contributed by atoms with Crippen LogP contribution in [-0.2, 0) is 10.0 Å². The van der Waals surface area contributed by atoms with Gasteiger partial charge >= 0.3 is 0 Å². The molecular weight excluding hydrogens is 386 g/mol. The van der Waals surface area contributed by atoms with Crippen molar-refractivity contribution in [2.24, 2.45) is 0 Å². The second kappa shape index (κ2) is 7.33. The lowest BCUT2D eigenvalue weighted by Gasteiger charge is -2.15. The van der Waals surface area contributed by atoms with Gasteiger partial charge in [0.2, 0.25) is 10.0 Å². The van der Waals surface area contributed by atoms with Crippen LogP contribution in [-0.4, -0.2) is 32.0 Å². The van der Waals surface area contributed by atoms with Crippen molar-refractivity contribution in [3.63, 3.8) is 0 Å². The molecule has 0 amide bonds. The maximum atomic E-state index is 13.4. The SMILES string of the molecule is Cc1c(NS(C)(=O)=O)cccc1C(=O)C1CNc2ncc(-c3ccccc3)cc21. The van der Waals surface area contributed by atoms with E-state index in [4.69, 9.17) is 0 Å². The minimum atomic E-state index is -3.43. The van der Waals surface area contributed by atoms with Crippen LogP contribution in [0.1, 0.15) is 27.4 Å². The van der Waals surface area contributed by atoms with Gasteiger partial charge in [0, 0.05) is 29.4 Å². The summed E-state index contributed by atoms with van der Waals surface area (Å²) in [6.07, 6.45) is 2.89. The zero-order valence-corrected chi connectivity index (χ0v) is 17.0. The van der Waals surface area contributed by atoms with E-state index in [0.29, 0.717) is 29.2 Å². The second-order valence-electron chi connectivity index (χ2n) is 7.18. The van der Waals surface area contributed by atoms with Crippen molar-refractivity contribution in [2.45, 2.75) is 12.8 Å². The van der Waals surface area contributed by atoms with Crippen LogP contribution < -0.4 is 10.0 Å². The van der Waals surface area contributed by atoms with Crippen molar-refractivity contribution < 1.29 is 13.2 Å². The minimum Gasteiger partial charge on any atom is -0.369 e. The van der Waals surface area contributed by atoms with Crippen molar-refractivity contribution in [2.75, 3.05) is 22.8 Å². The van der Waals surface area contributed by atoms with Gasteiger partial charge in [0.05, 0.1) is 17.9 Å². The summed E-state index contributed by atoms with van der Waals surface area (Å²) in [7, 11) is -3.43. The summed E-state index contributed by atoms with van der Waals surface area (Å²) in [6, 6.07) is 17.0. The van der Waals surface area contributed by atoms with E-state index in [9.17, 15) is 13.2 Å². The molecule has 1 aliphatic heterocycles. The molecule has 148 valence electrons. The van der Waals surface area contributed by atoms with Crippen LogP contribution in [0.5, 0.6) is 0 Å². The summed E-state index contributed by atoms with van der Waals surface area (Å²) in [5, 5.41) is 3.21. The third-order valence-electron chi connectivity index (χ3n) is 5.08. The second-order valence-corrected chi connectivity index (χ2v) is 8.93. The van der Waals surface area contributed by atoms with E-state index in [1.165, 1.54) is 0 Å². The topological polar surface area (TPSA) is 88.2 Å². The molecule has 1 atom stereocenters. The lowest BCUT2D eigenvalue weighted by Crippen LogP contribution is -2.17. The van der Waals surface area contributed by atoms with E-state index >= 15 is 0 Å². The van der Waals surface area contributed by atoms with Crippen LogP contribution in [0.2, 0.25) is 0 Å². The number of pyridine rings is 1. The number of aromatic nitrogens is 1. The molecule has 1 aliphatic rings. The molecule has 2 heterocycles. The van der Waals surface area contributed by atoms with Crippen molar-refractivity contribution in [1.29, 1.82) is 0 Å². The molecule has 0 fully saturated rings. The Morgan fingerprint density at radius 3 is 2.59 bits per heavy atom. The van der Waals surface area contributed by atoms with E-state index in [1.54, 1.807) is 31.3 Å². The highest BCUT2D eigenvalue weighted by Crippen LogP contribution is 2.36. The first-order chi connectivity index (χ1) is 13.8. The number of carbonyl (C=O) groups is 1. The summed E-state index contributed by atoms with van der Waals surface area (Å²) in [4.78, 5) is 17.8. The maximum absolute atomic E-state index is 13.4. The van der Waals surface area contributed by atoms with Crippen LogP contribution in [0.3, 0.4) is 0 Å². The summed E-state index contributed by atoms with van der Waals surface area (Å²) >= 11 is 0. The lowest BCUT2D eigenvalue weighted by molar-refractivity contribution is 0.0966. The minimum absolute atomic E-state index is 0.0575. The van der Waals surface area contributed by atoms with E-state index in [0.717, 1.165) is 22.9 Å². The highest BCUT2D eigenvalue weighted by atomic mass is 32.2. The van der Waals surface area contributed by atoms with Gasteiger partial charge in [-0.05, 0) is 30.2 Å². The van der Waals surface area contributed by atoms with Crippen LogP contribution in [0.15, 0.2) is 60.8 Å². The molecule has 1 aromatic heterocycles. The number of rotatable bonds is 5. The molecule has 2 N–H and O–H groups in total. The van der Waals surface area contributed by atoms with Crippen molar-refractivity contribution >= 4 is 27.3 Å². The number of hydrogen-bond acceptors (Lipinski definition) is 5. The van der Waals surface area contributed by atoms with Gasteiger partial charge in [-0.15, -0.1) is 0 Å². The Kier molecular flexibility index (Phi) is 4.84. The first-order valence-corrected chi connectivity index (χ1v) is 11.1. The average Bonchev–Trinajstić information content (AvgIpc) is 3.12. The summed E-state index contributed by atoms with van der Waals surface area (Å²) < 4.78 is 25.7. The molecule has 1 unspecified atom stereocenters. The number of ketones is 1. The number of nitrogens with zero attached hydrogens (tertiary/aromatic N) is 1. The van der Waals surface area contributed by atoms with E-state index < -0.39 is 10.0 Å². The summed E-state index contributed by atoms with van der Waals surface area (Å²) in [6.45, 7) is 2.21. The maximum Gasteiger partial charge on any atom is 0.229 e. The number of sulfonamides is 1. The molecular formula is C22H21N3O3S. The van der Waals surface area contributed by atoms with Crippen molar-refractivity contribution in [1.82, 2.24) is 4.98 Å². The summed E-state index contributed by atoms with van der Waals surface area (Å²) in [5.74, 6) is 0.275. The van der Waals surface area contributed by atoms with Crippen molar-refractivity contribution in [3.05, 3.63) is 77.5 Å². The van der Waals surface area contributed by atoms with Gasteiger partial charge in [0.15, 0.2) is 5.78 Å². The first kappa shape index (κ1) is 19.1. The largest absolute Gasteiger partial charge is 0.369 e. The van der Waals surface area contributed by atoms with E-state index in [2.05, 4.69) is 15.0 Å². The molecule has 0 bridgehead atoms. The number of anilines is 2. The van der Waals surface area contributed by atoms with Crippen LogP contribution in [0.4, 0.5) is 11.5 Å². The Balaban J connectivity index is 1.70. The van der Waals surface area contributed by atoms with E-state index in [1.807, 2.05) is 36.4 Å². The number of carbonyl (C=O) groups excluding carboxylic acids is 1. The van der Waals surface area contributed by atoms with Crippen LogP contribution in [0, 0.1) is 6.92 Å². The normalized spacial score (nSPS) is 15.4. The third kappa shape index (κ3) is 3.86. The molecule has 4 rings (SSSR count). The van der Waals surface area contributed by atoms with Crippen molar-refractivity contribution in [3.8, 4) is 11.1 Å². The van der Waals surface area contributed by atoms with Gasteiger partial charge in [-0.1, -0.05) is 42.5 Å². The average molecular weight is 407 g/mol. The highest BCUT2D eigenvalue weighted by Gasteiger charge is 2.31. The van der Waals surface area contributed by atoms with Crippen LogP contribution >= 0.6 is 0 Å². The fourth-order valence-corrected chi connectivity index (χ4v) is 4.25. The molecule has 6 nitrogen and oxygen atoms in total. The van der Waals surface area contributed by atoms with Gasteiger partial charge in [-0.3, -0.25) is 9.52 Å². The third-order valence-corrected chi connectivity index (χ3v) is 5.68. The Bertz CT molecular complexity index is 1190. The molecule has 0 spiro atoms. The molecule has 0 radical (unpaired) electrons. The van der Waals surface area contributed by atoms with Gasteiger partial charge in [-0.2, -0.15) is 0 Å². The predicted molar refractivity (Wildman–Crippen MR) is 115 cm³/mol. The zero-order chi connectivity index (χ0) is 20.6. The first-order valence-electron chi connectivity index (χ1n) is 9.24. The zero-order valence-electron chi connectivity index (χ0n) is 16.1. The fourth-order valence-electron chi connectivity index (χ4n) is 3.63. The van der Waals surface area contributed by atoms with Gasteiger partial charge in [0.1, 0.15) is 5.82 Å². The molecule has 0 aliphatic carbocycles. The van der Waals surface area contributed by atoms with E-state index in [-0.39, 0.29) is 11.7 Å². The standard InChI is InChI=1S/C22H21N3O3S/c1-14-17(9-6-10-20(14)25-29(2,27)28)21(26)19-13-24-22-18(19)11-16(12-23-22)15-7-4-3-5-8-15/h3-12,19,25H,13H2,1-2H3,(H,23,24). The number of fused-ring (bicyclic) bond motifs is 1. The smallest absolute Gasteiger partial charge is 0.229 e. The predicted octanol–water partition coefficient (Wildman–Crippen LogP) is 3.82. The molecule has 0 saturated carbocycles. The quantitative estimate of drug-likeness (QED) is 0.628. The Morgan fingerprint density at radius 2 is 1.86 bits per heavy atom. The van der Waals surface area contributed by atoms with Gasteiger partial charge < -0.3 is 5.32 Å². The molecule has 7 heteroatoms. The number of Topliss-reactive ketones (excluding diaryl/α,β-unsaturated/α-hetero) is 1. The highest BCUT2D eigenvalue weighted by molar-refractivity contribution is 7.92. The Hall–Kier alpha value is -3.19. The molecule has 3 aromatic rings. The summed E-state index contributed by atoms with van der Waals surface area (Å²) in [5.41, 5.74) is 4.39. The van der Waals surface area contributed by atoms with Gasteiger partial charge in [-0.25, -0.2) is 13.4 Å². The Labute approximate surface area is 170 Å². The molecule has 2 aromatic carbocycles. The number of benzene rings is 2. The van der Waals surface area contributed by atoms with Crippen LogP contribution in [0.25, 0.3) is 11.1 Å². The Morgan fingerprint density at radius 1 is 1.10 bits per heavy atom. The van der Waals surface area contributed by atoms with Gasteiger partial charge in [0.25, 0.3) is 0 Å². The molecule has 0 saturated heterocycles. The number of nitrogens with one attached hydrogen (secondary N) is 2. The lowest BCUT2D eigenvalue weighted by atomic mass is 9.89.